The predicted octanol–water partition coefficient (Wildman–Crippen LogP) is 3.89. The summed E-state index contributed by atoms with van der Waals surface area (Å²) in [6, 6.07) is 5.86. The Labute approximate surface area is 118 Å². The molecule has 0 amide bonds. The lowest BCUT2D eigenvalue weighted by atomic mass is 10.2. The largest absolute Gasteiger partial charge is 0.394 e. The molecule has 1 aromatic heterocycles. The normalized spacial score (nSPS) is 10.7. The Balaban J connectivity index is 2.34. The van der Waals surface area contributed by atoms with E-state index in [4.69, 9.17) is 17.3 Å². The number of anilines is 3. The van der Waals surface area contributed by atoms with Crippen LogP contribution in [0, 0.1) is 13.8 Å². The zero-order valence-electron chi connectivity index (χ0n) is 11.5. The van der Waals surface area contributed by atoms with Crippen LogP contribution in [0.3, 0.4) is 0 Å². The Morgan fingerprint density at radius 3 is 2.74 bits per heavy atom. The molecule has 2 aromatic rings. The Hall–Kier alpha value is -1.68. The van der Waals surface area contributed by atoms with Crippen molar-refractivity contribution in [2.75, 3.05) is 11.1 Å². The van der Waals surface area contributed by atoms with Gasteiger partial charge in [0.15, 0.2) is 5.82 Å². The van der Waals surface area contributed by atoms with E-state index in [9.17, 15) is 0 Å². The van der Waals surface area contributed by atoms with E-state index in [1.807, 2.05) is 36.7 Å². The molecule has 0 unspecified atom stereocenters. The minimum atomic E-state index is 0.685. The van der Waals surface area contributed by atoms with Crippen LogP contribution in [0.15, 0.2) is 18.2 Å². The molecule has 1 heterocycles. The first-order valence-corrected chi connectivity index (χ1v) is 6.76. The van der Waals surface area contributed by atoms with Crippen LogP contribution in [0.1, 0.15) is 24.6 Å². The topological polar surface area (TPSA) is 55.9 Å². The molecular formula is C14H19ClN4. The number of benzene rings is 1. The molecule has 0 aliphatic rings. The second-order valence-electron chi connectivity index (χ2n) is 4.66. The first kappa shape index (κ1) is 13.7. The molecule has 0 atom stereocenters. The highest BCUT2D eigenvalue weighted by Crippen LogP contribution is 2.28. The van der Waals surface area contributed by atoms with E-state index in [2.05, 4.69) is 17.3 Å². The van der Waals surface area contributed by atoms with Gasteiger partial charge in [-0.2, -0.15) is 5.10 Å². The molecule has 0 bridgehead atoms. The molecule has 0 saturated carbocycles. The highest BCUT2D eigenvalue weighted by Gasteiger charge is 2.12. The summed E-state index contributed by atoms with van der Waals surface area (Å²) in [5, 5.41) is 8.48. The smallest absolute Gasteiger partial charge is 0.152 e. The van der Waals surface area contributed by atoms with E-state index in [0.717, 1.165) is 40.8 Å². The second-order valence-corrected chi connectivity index (χ2v) is 5.07. The summed E-state index contributed by atoms with van der Waals surface area (Å²) in [5.41, 5.74) is 9.57. The van der Waals surface area contributed by atoms with Crippen molar-refractivity contribution < 1.29 is 0 Å². The van der Waals surface area contributed by atoms with Gasteiger partial charge in [-0.3, -0.25) is 0 Å². The summed E-state index contributed by atoms with van der Waals surface area (Å²) in [7, 11) is 0. The fourth-order valence-electron chi connectivity index (χ4n) is 1.91. The van der Waals surface area contributed by atoms with Gasteiger partial charge < -0.3 is 11.1 Å². The van der Waals surface area contributed by atoms with Crippen molar-refractivity contribution in [3.63, 3.8) is 0 Å². The van der Waals surface area contributed by atoms with Crippen molar-refractivity contribution in [2.24, 2.45) is 0 Å². The van der Waals surface area contributed by atoms with Crippen LogP contribution in [0.5, 0.6) is 0 Å². The number of hydrogen-bond acceptors (Lipinski definition) is 3. The number of nitrogens with one attached hydrogen (secondary N) is 1. The van der Waals surface area contributed by atoms with Crippen LogP contribution in [0.4, 0.5) is 17.2 Å². The summed E-state index contributed by atoms with van der Waals surface area (Å²) >= 11 is 6.13. The molecule has 0 radical (unpaired) electrons. The van der Waals surface area contributed by atoms with Crippen molar-refractivity contribution in [1.29, 1.82) is 0 Å². The molecular weight excluding hydrogens is 260 g/mol. The number of nitrogens with zero attached hydrogens (tertiary/aromatic N) is 2. The number of nitrogens with two attached hydrogens (primary N) is 1. The van der Waals surface area contributed by atoms with Crippen molar-refractivity contribution in [3.05, 3.63) is 34.5 Å². The summed E-state index contributed by atoms with van der Waals surface area (Å²) in [4.78, 5) is 0. The minimum absolute atomic E-state index is 0.685. The quantitative estimate of drug-likeness (QED) is 0.892. The Morgan fingerprint density at radius 2 is 2.11 bits per heavy atom. The van der Waals surface area contributed by atoms with Crippen LogP contribution in [-0.4, -0.2) is 9.78 Å². The van der Waals surface area contributed by atoms with Crippen LogP contribution in [-0.2, 0) is 6.54 Å². The van der Waals surface area contributed by atoms with Gasteiger partial charge in [0.2, 0.25) is 0 Å². The molecule has 2 rings (SSSR count). The van der Waals surface area contributed by atoms with Gasteiger partial charge in [-0.25, -0.2) is 4.68 Å². The number of hydrogen-bond donors (Lipinski definition) is 2. The van der Waals surface area contributed by atoms with Gasteiger partial charge in [0.05, 0.1) is 11.4 Å². The molecule has 0 saturated heterocycles. The summed E-state index contributed by atoms with van der Waals surface area (Å²) in [6.07, 6.45) is 1.00. The molecule has 0 spiro atoms. The van der Waals surface area contributed by atoms with Crippen LogP contribution < -0.4 is 11.1 Å². The highest BCUT2D eigenvalue weighted by molar-refractivity contribution is 6.31. The third-order valence-corrected chi connectivity index (χ3v) is 3.45. The summed E-state index contributed by atoms with van der Waals surface area (Å²) in [6.45, 7) is 6.83. The zero-order chi connectivity index (χ0) is 14.0. The van der Waals surface area contributed by atoms with Gasteiger partial charge in [-0.05, 0) is 38.0 Å². The monoisotopic (exact) mass is 278 g/mol. The lowest BCUT2D eigenvalue weighted by Gasteiger charge is -2.11. The summed E-state index contributed by atoms with van der Waals surface area (Å²) < 4.78 is 1.90. The maximum absolute atomic E-state index is 6.13. The van der Waals surface area contributed by atoms with Crippen molar-refractivity contribution in [1.82, 2.24) is 9.78 Å². The fourth-order valence-corrected chi connectivity index (χ4v) is 2.09. The standard InChI is InChI=1S/C14H19ClN4/c1-4-7-19-14(13(16)10(3)18-19)17-11-6-5-9(2)12(15)8-11/h5-6,8,17H,4,7,16H2,1-3H3. The van der Waals surface area contributed by atoms with E-state index in [1.165, 1.54) is 0 Å². The molecule has 5 heteroatoms. The van der Waals surface area contributed by atoms with E-state index in [0.29, 0.717) is 5.69 Å². The maximum atomic E-state index is 6.13. The summed E-state index contributed by atoms with van der Waals surface area (Å²) in [5.74, 6) is 0.833. The van der Waals surface area contributed by atoms with Crippen LogP contribution in [0.25, 0.3) is 0 Å². The Kier molecular flexibility index (Phi) is 4.00. The molecule has 19 heavy (non-hydrogen) atoms. The lowest BCUT2D eigenvalue weighted by molar-refractivity contribution is 0.605. The van der Waals surface area contributed by atoms with E-state index < -0.39 is 0 Å². The number of aromatic nitrogens is 2. The van der Waals surface area contributed by atoms with E-state index in [-0.39, 0.29) is 0 Å². The van der Waals surface area contributed by atoms with E-state index >= 15 is 0 Å². The SMILES string of the molecule is CCCn1nc(C)c(N)c1Nc1ccc(C)c(Cl)c1. The second kappa shape index (κ2) is 5.53. The number of halogens is 1. The molecule has 0 aliphatic heterocycles. The third-order valence-electron chi connectivity index (χ3n) is 3.04. The fraction of sp³-hybridized carbons (Fsp3) is 0.357. The van der Waals surface area contributed by atoms with Gasteiger partial charge in [-0.15, -0.1) is 0 Å². The molecule has 0 fully saturated rings. The molecule has 4 nitrogen and oxygen atoms in total. The minimum Gasteiger partial charge on any atom is -0.394 e. The average molecular weight is 279 g/mol. The third kappa shape index (κ3) is 2.84. The zero-order valence-corrected chi connectivity index (χ0v) is 12.3. The molecule has 3 N–H and O–H groups in total. The highest BCUT2D eigenvalue weighted by atomic mass is 35.5. The first-order valence-electron chi connectivity index (χ1n) is 6.39. The maximum Gasteiger partial charge on any atom is 0.152 e. The van der Waals surface area contributed by atoms with Gasteiger partial charge >= 0.3 is 0 Å². The first-order chi connectivity index (χ1) is 9.02. The Bertz CT molecular complexity index is 589. The number of nitrogen functional groups attached to an aromatic ring is 1. The lowest BCUT2D eigenvalue weighted by Crippen LogP contribution is -2.05. The molecule has 0 aliphatic carbocycles. The average Bonchev–Trinajstić information content (AvgIpc) is 2.62. The predicted molar refractivity (Wildman–Crippen MR) is 81.1 cm³/mol. The van der Waals surface area contributed by atoms with Crippen LogP contribution >= 0.6 is 11.6 Å². The van der Waals surface area contributed by atoms with Gasteiger partial charge in [0.1, 0.15) is 0 Å². The Morgan fingerprint density at radius 1 is 1.37 bits per heavy atom. The van der Waals surface area contributed by atoms with Gasteiger partial charge in [0, 0.05) is 17.3 Å². The van der Waals surface area contributed by atoms with E-state index in [1.54, 1.807) is 0 Å². The van der Waals surface area contributed by atoms with Crippen molar-refractivity contribution >= 4 is 28.8 Å². The van der Waals surface area contributed by atoms with Crippen molar-refractivity contribution in [2.45, 2.75) is 33.7 Å². The van der Waals surface area contributed by atoms with Gasteiger partial charge in [-0.1, -0.05) is 24.6 Å². The van der Waals surface area contributed by atoms with Crippen LogP contribution in [0.2, 0.25) is 5.02 Å². The number of rotatable bonds is 4. The molecule has 1 aromatic carbocycles. The van der Waals surface area contributed by atoms with Crippen molar-refractivity contribution in [3.8, 4) is 0 Å². The number of aryl methyl sites for hydroxylation is 3. The van der Waals surface area contributed by atoms with Gasteiger partial charge in [0.25, 0.3) is 0 Å². The molecule has 102 valence electrons.